The molecule has 7 heteroatoms. The Kier molecular flexibility index (Phi) is 5.63. The van der Waals surface area contributed by atoms with E-state index in [4.69, 9.17) is 12.2 Å². The summed E-state index contributed by atoms with van der Waals surface area (Å²) < 4.78 is 0. The number of nitrogens with zero attached hydrogens (tertiary/aromatic N) is 2. The highest BCUT2D eigenvalue weighted by Crippen LogP contribution is 2.20. The van der Waals surface area contributed by atoms with Crippen LogP contribution in [-0.4, -0.2) is 46.2 Å². The first-order chi connectivity index (χ1) is 10.5. The summed E-state index contributed by atoms with van der Waals surface area (Å²) in [6.45, 7) is 3.90. The van der Waals surface area contributed by atoms with Crippen molar-refractivity contribution >= 4 is 35.4 Å². The molecular formula is C15H25N4O2S+. The second kappa shape index (κ2) is 7.28. The average Bonchev–Trinajstić information content (AvgIpc) is 2.48. The molecule has 1 heterocycles. The number of thiocarbonyl (C=S) groups is 1. The summed E-state index contributed by atoms with van der Waals surface area (Å²) in [6, 6.07) is 0.338. The molecule has 4 atom stereocenters. The minimum atomic E-state index is -0.880. The van der Waals surface area contributed by atoms with Gasteiger partial charge in [0.05, 0.1) is 0 Å². The summed E-state index contributed by atoms with van der Waals surface area (Å²) in [5.74, 6) is -1.53. The Labute approximate surface area is 136 Å². The second-order valence-electron chi connectivity index (χ2n) is 6.15. The number of aliphatic imine (C=N–C) groups is 1. The standard InChI is InChI=1S/C15H24N4O2S/c1-3-9(2)19-14(21)10(13(20)18-15(19)22)8-17-12-7-5-4-6-11(12)16/h8-12H,3-7,16H2,1-2H3,(H,18,20,22)/p+1/t9-,10-,11+,12-/m1/s1. The van der Waals surface area contributed by atoms with Crippen LogP contribution in [0.5, 0.6) is 0 Å². The average molecular weight is 325 g/mol. The van der Waals surface area contributed by atoms with Crippen LogP contribution in [0.4, 0.5) is 0 Å². The minimum Gasteiger partial charge on any atom is -0.353 e. The lowest BCUT2D eigenvalue weighted by molar-refractivity contribution is -0.428. The van der Waals surface area contributed by atoms with Gasteiger partial charge >= 0.3 is 0 Å². The zero-order valence-electron chi connectivity index (χ0n) is 13.2. The lowest BCUT2D eigenvalue weighted by Gasteiger charge is -2.35. The van der Waals surface area contributed by atoms with Crippen LogP contribution in [0.2, 0.25) is 0 Å². The summed E-state index contributed by atoms with van der Waals surface area (Å²) in [5, 5.41) is 2.81. The van der Waals surface area contributed by atoms with Crippen molar-refractivity contribution in [2.45, 2.75) is 64.1 Å². The zero-order chi connectivity index (χ0) is 16.3. The molecule has 0 aromatic heterocycles. The van der Waals surface area contributed by atoms with Gasteiger partial charge in [-0.1, -0.05) is 13.3 Å². The number of carbonyl (C=O) groups excluding carboxylic acids is 2. The van der Waals surface area contributed by atoms with Crippen LogP contribution in [0.1, 0.15) is 46.0 Å². The largest absolute Gasteiger partial charge is 0.353 e. The molecule has 0 radical (unpaired) electrons. The number of hydrogen-bond acceptors (Lipinski definition) is 4. The van der Waals surface area contributed by atoms with E-state index in [1.165, 1.54) is 17.5 Å². The predicted octanol–water partition coefficient (Wildman–Crippen LogP) is 0.268. The van der Waals surface area contributed by atoms with E-state index in [1.807, 2.05) is 13.8 Å². The topological polar surface area (TPSA) is 89.4 Å². The van der Waals surface area contributed by atoms with Gasteiger partial charge in [0.1, 0.15) is 12.1 Å². The maximum Gasteiger partial charge on any atom is 0.247 e. The molecule has 1 saturated heterocycles. The first-order valence-electron chi connectivity index (χ1n) is 8.00. The van der Waals surface area contributed by atoms with Crippen LogP contribution in [0.3, 0.4) is 0 Å². The Hall–Kier alpha value is -1.34. The van der Waals surface area contributed by atoms with E-state index in [-0.39, 0.29) is 35.1 Å². The van der Waals surface area contributed by atoms with Gasteiger partial charge in [-0.15, -0.1) is 0 Å². The van der Waals surface area contributed by atoms with Crippen LogP contribution in [-0.2, 0) is 9.59 Å². The van der Waals surface area contributed by atoms with Crippen molar-refractivity contribution in [3.8, 4) is 0 Å². The first-order valence-corrected chi connectivity index (χ1v) is 8.40. The minimum absolute atomic E-state index is 0.0354. The monoisotopic (exact) mass is 325 g/mol. The summed E-state index contributed by atoms with van der Waals surface area (Å²) in [5.41, 5.74) is 4.12. The van der Waals surface area contributed by atoms with Crippen LogP contribution >= 0.6 is 12.2 Å². The Balaban J connectivity index is 2.12. The molecule has 122 valence electrons. The van der Waals surface area contributed by atoms with Crippen molar-refractivity contribution in [3.63, 3.8) is 0 Å². The van der Waals surface area contributed by atoms with E-state index in [1.54, 1.807) is 0 Å². The van der Waals surface area contributed by atoms with Gasteiger partial charge < -0.3 is 11.1 Å². The number of hydrogen-bond donors (Lipinski definition) is 2. The van der Waals surface area contributed by atoms with Gasteiger partial charge in [-0.05, 0) is 38.4 Å². The normalized spacial score (nSPS) is 31.5. The third kappa shape index (κ3) is 3.52. The fourth-order valence-electron chi connectivity index (χ4n) is 2.92. The van der Waals surface area contributed by atoms with Crippen LogP contribution < -0.4 is 11.1 Å². The van der Waals surface area contributed by atoms with E-state index < -0.39 is 5.92 Å². The van der Waals surface area contributed by atoms with Gasteiger partial charge in [0.15, 0.2) is 11.0 Å². The fraction of sp³-hybridized carbons (Fsp3) is 0.733. The lowest BCUT2D eigenvalue weighted by Crippen LogP contribution is -2.66. The second-order valence-corrected chi connectivity index (χ2v) is 6.53. The van der Waals surface area contributed by atoms with Gasteiger partial charge in [-0.3, -0.25) is 19.5 Å². The van der Waals surface area contributed by atoms with Crippen LogP contribution in [0.25, 0.3) is 0 Å². The first kappa shape index (κ1) is 17.0. The molecule has 0 spiro atoms. The van der Waals surface area contributed by atoms with Crippen molar-refractivity contribution in [3.05, 3.63) is 0 Å². The maximum absolute atomic E-state index is 12.6. The molecule has 0 unspecified atom stereocenters. The molecule has 0 aromatic carbocycles. The number of rotatable bonds is 4. The molecule has 4 N–H and O–H groups in total. The molecule has 1 aliphatic carbocycles. The smallest absolute Gasteiger partial charge is 0.247 e. The number of amides is 2. The predicted molar refractivity (Wildman–Crippen MR) is 88.3 cm³/mol. The van der Waals surface area contributed by atoms with E-state index in [9.17, 15) is 9.59 Å². The fourth-order valence-corrected chi connectivity index (χ4v) is 3.29. The van der Waals surface area contributed by atoms with Gasteiger partial charge in [0, 0.05) is 18.7 Å². The van der Waals surface area contributed by atoms with E-state index in [2.05, 4.69) is 16.0 Å². The SMILES string of the molecule is CC[C@@H](C)N1C(=O)[C@H](C=N[C@@H]2CCCC[C@@H]2[NH3+])C(=O)NC1=S. The van der Waals surface area contributed by atoms with Crippen molar-refractivity contribution < 1.29 is 15.3 Å². The van der Waals surface area contributed by atoms with Gasteiger partial charge in [-0.25, -0.2) is 0 Å². The summed E-state index contributed by atoms with van der Waals surface area (Å²) in [4.78, 5) is 30.6. The highest BCUT2D eigenvalue weighted by Gasteiger charge is 2.39. The Morgan fingerprint density at radius 2 is 2.14 bits per heavy atom. The van der Waals surface area contributed by atoms with Gasteiger partial charge in [0.25, 0.3) is 0 Å². The Morgan fingerprint density at radius 3 is 2.77 bits per heavy atom. The zero-order valence-corrected chi connectivity index (χ0v) is 14.1. The number of nitrogens with one attached hydrogen (secondary N) is 1. The van der Waals surface area contributed by atoms with E-state index in [0.717, 1.165) is 25.7 Å². The molecular weight excluding hydrogens is 300 g/mol. The molecule has 2 amide bonds. The molecule has 1 aliphatic heterocycles. The third-order valence-corrected chi connectivity index (χ3v) is 4.86. The van der Waals surface area contributed by atoms with Gasteiger partial charge in [0.2, 0.25) is 11.8 Å². The molecule has 2 rings (SSSR count). The maximum atomic E-state index is 12.6. The van der Waals surface area contributed by atoms with Crippen molar-refractivity contribution in [1.82, 2.24) is 10.2 Å². The Bertz CT molecular complexity index is 494. The van der Waals surface area contributed by atoms with E-state index in [0.29, 0.717) is 0 Å². The molecule has 1 saturated carbocycles. The Morgan fingerprint density at radius 1 is 1.45 bits per heavy atom. The molecule has 0 aromatic rings. The van der Waals surface area contributed by atoms with Crippen LogP contribution in [0.15, 0.2) is 4.99 Å². The van der Waals surface area contributed by atoms with Crippen molar-refractivity contribution in [1.29, 1.82) is 0 Å². The summed E-state index contributed by atoms with van der Waals surface area (Å²) in [7, 11) is 0. The van der Waals surface area contributed by atoms with Crippen molar-refractivity contribution in [2.75, 3.05) is 0 Å². The summed E-state index contributed by atoms with van der Waals surface area (Å²) >= 11 is 5.12. The quantitative estimate of drug-likeness (QED) is 0.442. The van der Waals surface area contributed by atoms with Crippen molar-refractivity contribution in [2.24, 2.45) is 10.9 Å². The van der Waals surface area contributed by atoms with Gasteiger partial charge in [-0.2, -0.15) is 0 Å². The molecule has 2 fully saturated rings. The number of quaternary nitrogens is 1. The molecule has 6 nitrogen and oxygen atoms in total. The lowest BCUT2D eigenvalue weighted by atomic mass is 9.91. The van der Waals surface area contributed by atoms with Crippen LogP contribution in [0, 0.1) is 5.92 Å². The molecule has 0 bridgehead atoms. The third-order valence-electron chi connectivity index (χ3n) is 4.56. The highest BCUT2D eigenvalue weighted by molar-refractivity contribution is 7.80. The molecule has 22 heavy (non-hydrogen) atoms. The molecule has 2 aliphatic rings. The number of carbonyl (C=O) groups is 2. The summed E-state index contributed by atoms with van der Waals surface area (Å²) in [6.07, 6.45) is 6.61. The highest BCUT2D eigenvalue weighted by atomic mass is 32.1. The van der Waals surface area contributed by atoms with E-state index >= 15 is 0 Å².